The molecule has 0 aliphatic carbocycles. The fraction of sp³-hybridized carbons (Fsp3) is 0.478. The van der Waals surface area contributed by atoms with Gasteiger partial charge < -0.3 is 15.2 Å². The van der Waals surface area contributed by atoms with E-state index < -0.39 is 0 Å². The normalized spacial score (nSPS) is 15.5. The first kappa shape index (κ1) is 20.8. The number of nitrogens with zero attached hydrogens (tertiary/aromatic N) is 3. The molecule has 2 N–H and O–H groups in total. The van der Waals surface area contributed by atoms with Crippen molar-refractivity contribution in [3.8, 4) is 5.69 Å². The number of rotatable bonds is 7. The number of aromatic amines is 1. The molecule has 0 spiro atoms. The van der Waals surface area contributed by atoms with E-state index in [1.807, 2.05) is 13.0 Å². The average molecular weight is 412 g/mol. The molecule has 0 unspecified atom stereocenters. The Bertz CT molecular complexity index is 1030. The van der Waals surface area contributed by atoms with E-state index in [2.05, 4.69) is 20.3 Å². The van der Waals surface area contributed by atoms with Crippen molar-refractivity contribution < 1.29 is 4.39 Å². The van der Waals surface area contributed by atoms with Crippen LogP contribution in [0, 0.1) is 12.7 Å². The topological polar surface area (TPSA) is 66.0 Å². The van der Waals surface area contributed by atoms with Crippen LogP contribution in [-0.2, 0) is 6.54 Å². The fourth-order valence-electron chi connectivity index (χ4n) is 4.17. The third kappa shape index (κ3) is 4.79. The Morgan fingerprint density at radius 2 is 1.87 bits per heavy atom. The van der Waals surface area contributed by atoms with Gasteiger partial charge in [-0.15, -0.1) is 0 Å². The summed E-state index contributed by atoms with van der Waals surface area (Å²) in [6, 6.07) is 8.00. The standard InChI is InChI=1S/C23H30FN5O/c1-17-21-15-18(16-25-11-6-14-28-12-4-2-3-5-13-28)23(30)26-22(21)29(27-17)20-9-7-19(24)8-10-20/h7-10,15,25H,2-6,11-14,16H2,1H3,(H,26,30). The van der Waals surface area contributed by atoms with Crippen molar-refractivity contribution in [1.29, 1.82) is 0 Å². The number of hydrogen-bond acceptors (Lipinski definition) is 4. The number of H-pyrrole nitrogens is 1. The Morgan fingerprint density at radius 1 is 1.13 bits per heavy atom. The van der Waals surface area contributed by atoms with E-state index in [1.165, 1.54) is 50.9 Å². The number of likely N-dealkylation sites (tertiary alicyclic amines) is 1. The molecule has 0 amide bonds. The zero-order valence-corrected chi connectivity index (χ0v) is 17.6. The molecule has 30 heavy (non-hydrogen) atoms. The van der Waals surface area contributed by atoms with Gasteiger partial charge in [-0.3, -0.25) is 4.79 Å². The lowest BCUT2D eigenvalue weighted by molar-refractivity contribution is 0.280. The predicted molar refractivity (Wildman–Crippen MR) is 118 cm³/mol. The first-order chi connectivity index (χ1) is 14.6. The second-order valence-corrected chi connectivity index (χ2v) is 8.15. The molecule has 160 valence electrons. The largest absolute Gasteiger partial charge is 0.312 e. The lowest BCUT2D eigenvalue weighted by Gasteiger charge is -2.19. The molecule has 4 rings (SSSR count). The summed E-state index contributed by atoms with van der Waals surface area (Å²) in [4.78, 5) is 18.1. The van der Waals surface area contributed by atoms with Gasteiger partial charge in [0.2, 0.25) is 0 Å². The van der Waals surface area contributed by atoms with Gasteiger partial charge >= 0.3 is 0 Å². The van der Waals surface area contributed by atoms with E-state index >= 15 is 0 Å². The van der Waals surface area contributed by atoms with Gasteiger partial charge in [-0.25, -0.2) is 9.07 Å². The minimum Gasteiger partial charge on any atom is -0.312 e. The van der Waals surface area contributed by atoms with Gasteiger partial charge in [0.25, 0.3) is 5.56 Å². The van der Waals surface area contributed by atoms with Crippen LogP contribution in [0.1, 0.15) is 43.4 Å². The molecule has 0 radical (unpaired) electrons. The highest BCUT2D eigenvalue weighted by Crippen LogP contribution is 2.20. The third-order valence-electron chi connectivity index (χ3n) is 5.86. The van der Waals surface area contributed by atoms with Gasteiger partial charge in [-0.1, -0.05) is 12.8 Å². The minimum atomic E-state index is -0.301. The molecule has 1 aromatic carbocycles. The van der Waals surface area contributed by atoms with E-state index in [0.717, 1.165) is 30.6 Å². The van der Waals surface area contributed by atoms with Crippen LogP contribution in [0.4, 0.5) is 4.39 Å². The fourth-order valence-corrected chi connectivity index (χ4v) is 4.17. The van der Waals surface area contributed by atoms with Gasteiger partial charge in [0.15, 0.2) is 0 Å². The summed E-state index contributed by atoms with van der Waals surface area (Å²) in [6.45, 7) is 6.89. The number of pyridine rings is 1. The van der Waals surface area contributed by atoms with Crippen LogP contribution in [0.15, 0.2) is 35.1 Å². The molecule has 0 bridgehead atoms. The van der Waals surface area contributed by atoms with E-state index in [4.69, 9.17) is 0 Å². The molecule has 1 saturated heterocycles. The van der Waals surface area contributed by atoms with Crippen LogP contribution in [0.5, 0.6) is 0 Å². The van der Waals surface area contributed by atoms with Crippen LogP contribution in [-0.4, -0.2) is 45.8 Å². The number of aromatic nitrogens is 3. The molecular formula is C23H30FN5O. The van der Waals surface area contributed by atoms with Crippen LogP contribution >= 0.6 is 0 Å². The molecule has 6 nitrogen and oxygen atoms in total. The minimum absolute atomic E-state index is 0.120. The smallest absolute Gasteiger partial charge is 0.254 e. The maximum absolute atomic E-state index is 13.2. The van der Waals surface area contributed by atoms with Crippen molar-refractivity contribution >= 4 is 11.0 Å². The first-order valence-electron chi connectivity index (χ1n) is 10.9. The molecular weight excluding hydrogens is 381 g/mol. The Hall–Kier alpha value is -2.51. The van der Waals surface area contributed by atoms with Crippen LogP contribution in [0.25, 0.3) is 16.7 Å². The summed E-state index contributed by atoms with van der Waals surface area (Å²) in [6.07, 6.45) is 6.43. The quantitative estimate of drug-likeness (QED) is 0.584. The molecule has 1 fully saturated rings. The Balaban J connectivity index is 1.40. The number of benzene rings is 1. The summed E-state index contributed by atoms with van der Waals surface area (Å²) >= 11 is 0. The third-order valence-corrected chi connectivity index (χ3v) is 5.86. The van der Waals surface area contributed by atoms with E-state index in [-0.39, 0.29) is 11.4 Å². The van der Waals surface area contributed by atoms with Crippen molar-refractivity contribution in [3.63, 3.8) is 0 Å². The number of nitrogens with one attached hydrogen (secondary N) is 2. The summed E-state index contributed by atoms with van der Waals surface area (Å²) in [5, 5.41) is 8.85. The zero-order valence-electron chi connectivity index (χ0n) is 17.6. The highest BCUT2D eigenvalue weighted by Gasteiger charge is 2.13. The Morgan fingerprint density at radius 3 is 2.60 bits per heavy atom. The SMILES string of the molecule is Cc1nn(-c2ccc(F)cc2)c2[nH]c(=O)c(CNCCCN3CCCCCC3)cc12. The molecule has 2 aromatic heterocycles. The highest BCUT2D eigenvalue weighted by molar-refractivity contribution is 5.80. The monoisotopic (exact) mass is 411 g/mol. The number of halogens is 1. The lowest BCUT2D eigenvalue weighted by Crippen LogP contribution is -2.29. The number of hydrogen-bond donors (Lipinski definition) is 2. The van der Waals surface area contributed by atoms with E-state index in [9.17, 15) is 9.18 Å². The summed E-state index contributed by atoms with van der Waals surface area (Å²) in [5.74, 6) is -0.301. The maximum atomic E-state index is 13.2. The highest BCUT2D eigenvalue weighted by atomic mass is 19.1. The number of aryl methyl sites for hydroxylation is 1. The van der Waals surface area contributed by atoms with Crippen LogP contribution in [0.3, 0.4) is 0 Å². The van der Waals surface area contributed by atoms with Gasteiger partial charge in [-0.05, 0) is 82.7 Å². The summed E-state index contributed by atoms with van der Waals surface area (Å²) in [5.41, 5.74) is 2.76. The van der Waals surface area contributed by atoms with Gasteiger partial charge in [-0.2, -0.15) is 5.10 Å². The number of fused-ring (bicyclic) bond motifs is 1. The molecule has 3 heterocycles. The molecule has 1 aliphatic rings. The van der Waals surface area contributed by atoms with E-state index in [1.54, 1.807) is 16.8 Å². The van der Waals surface area contributed by atoms with Gasteiger partial charge in [0.05, 0.1) is 11.4 Å². The van der Waals surface area contributed by atoms with Crippen molar-refractivity contribution in [2.24, 2.45) is 0 Å². The Labute approximate surface area is 176 Å². The second-order valence-electron chi connectivity index (χ2n) is 8.15. The van der Waals surface area contributed by atoms with Crippen molar-refractivity contribution in [2.45, 2.75) is 45.6 Å². The van der Waals surface area contributed by atoms with Crippen LogP contribution in [0.2, 0.25) is 0 Å². The molecule has 3 aromatic rings. The molecule has 0 atom stereocenters. The molecule has 1 aliphatic heterocycles. The molecule has 7 heteroatoms. The molecule has 0 saturated carbocycles. The lowest BCUT2D eigenvalue weighted by atomic mass is 10.2. The summed E-state index contributed by atoms with van der Waals surface area (Å²) in [7, 11) is 0. The van der Waals surface area contributed by atoms with Crippen LogP contribution < -0.4 is 10.9 Å². The van der Waals surface area contributed by atoms with Crippen molar-refractivity contribution in [3.05, 3.63) is 57.8 Å². The maximum Gasteiger partial charge on any atom is 0.254 e. The first-order valence-corrected chi connectivity index (χ1v) is 10.9. The Kier molecular flexibility index (Phi) is 6.59. The summed E-state index contributed by atoms with van der Waals surface area (Å²) < 4.78 is 14.9. The second kappa shape index (κ2) is 9.53. The van der Waals surface area contributed by atoms with Gasteiger partial charge in [0, 0.05) is 17.5 Å². The zero-order chi connectivity index (χ0) is 20.9. The van der Waals surface area contributed by atoms with Gasteiger partial charge in [0.1, 0.15) is 11.5 Å². The van der Waals surface area contributed by atoms with Crippen molar-refractivity contribution in [2.75, 3.05) is 26.2 Å². The predicted octanol–water partition coefficient (Wildman–Crippen LogP) is 3.52. The van der Waals surface area contributed by atoms with E-state index in [0.29, 0.717) is 23.4 Å². The average Bonchev–Trinajstić information content (AvgIpc) is 2.91. The van der Waals surface area contributed by atoms with Crippen molar-refractivity contribution in [1.82, 2.24) is 25.0 Å².